The normalized spacial score (nSPS) is 15.8. The number of nitrogens with one attached hydrogen (secondary N) is 1. The molecule has 0 aliphatic heterocycles. The van der Waals surface area contributed by atoms with Crippen LogP contribution in [0, 0.1) is 5.92 Å². The summed E-state index contributed by atoms with van der Waals surface area (Å²) in [7, 11) is 0. The predicted molar refractivity (Wildman–Crippen MR) is 82.1 cm³/mol. The minimum atomic E-state index is 0. The lowest BCUT2D eigenvalue weighted by Gasteiger charge is -2.15. The van der Waals surface area contributed by atoms with Crippen LogP contribution in [0.1, 0.15) is 23.2 Å². The highest BCUT2D eigenvalue weighted by Crippen LogP contribution is 2.32. The van der Waals surface area contributed by atoms with Gasteiger partial charge in [0.15, 0.2) is 0 Å². The maximum absolute atomic E-state index is 12.3. The largest absolute Gasteiger partial charge is 0.348 e. The summed E-state index contributed by atoms with van der Waals surface area (Å²) in [5, 5.41) is 6.03. The number of thiophene rings is 1. The number of hydrogen-bond donors (Lipinski definition) is 2. The number of fused-ring (bicyclic) bond motifs is 1. The number of benzene rings is 1. The van der Waals surface area contributed by atoms with Gasteiger partial charge in [-0.3, -0.25) is 4.79 Å². The Morgan fingerprint density at radius 3 is 2.84 bits per heavy atom. The Kier molecular flexibility index (Phi) is 4.45. The standard InChI is InChI=1S/C14H16N2OS.ClH/c15-7-12(9-5-6-9)16-14(17)11-8-18-13-4-2-1-3-10(11)13;/h1-4,8-9,12H,5-7,15H2,(H,16,17);1H. The van der Waals surface area contributed by atoms with Crippen molar-refractivity contribution in [1.29, 1.82) is 0 Å². The summed E-state index contributed by atoms with van der Waals surface area (Å²) in [4.78, 5) is 12.3. The first-order chi connectivity index (χ1) is 8.79. The van der Waals surface area contributed by atoms with Gasteiger partial charge in [0.2, 0.25) is 0 Å². The fourth-order valence-corrected chi connectivity index (χ4v) is 3.21. The first kappa shape index (κ1) is 14.3. The molecule has 1 aromatic heterocycles. The van der Waals surface area contributed by atoms with Crippen LogP contribution in [0.25, 0.3) is 10.1 Å². The van der Waals surface area contributed by atoms with E-state index in [0.29, 0.717) is 12.5 Å². The number of carbonyl (C=O) groups excluding carboxylic acids is 1. The number of rotatable bonds is 4. The molecule has 0 saturated heterocycles. The summed E-state index contributed by atoms with van der Waals surface area (Å²) >= 11 is 1.61. The molecule has 1 unspecified atom stereocenters. The van der Waals surface area contributed by atoms with Gasteiger partial charge in [-0.1, -0.05) is 18.2 Å². The first-order valence-corrected chi connectivity index (χ1v) is 7.14. The molecule has 3 N–H and O–H groups in total. The number of nitrogens with two attached hydrogens (primary N) is 1. The van der Waals surface area contributed by atoms with Crippen LogP contribution in [0.15, 0.2) is 29.6 Å². The van der Waals surface area contributed by atoms with Crippen LogP contribution in [0.4, 0.5) is 0 Å². The van der Waals surface area contributed by atoms with E-state index in [9.17, 15) is 4.79 Å². The van der Waals surface area contributed by atoms with Crippen LogP contribution >= 0.6 is 23.7 Å². The minimum Gasteiger partial charge on any atom is -0.348 e. The maximum Gasteiger partial charge on any atom is 0.253 e. The Morgan fingerprint density at radius 1 is 1.42 bits per heavy atom. The molecule has 0 bridgehead atoms. The van der Waals surface area contributed by atoms with E-state index < -0.39 is 0 Å². The van der Waals surface area contributed by atoms with Crippen LogP contribution in [-0.2, 0) is 0 Å². The molecule has 1 aromatic carbocycles. The van der Waals surface area contributed by atoms with E-state index in [1.54, 1.807) is 11.3 Å². The monoisotopic (exact) mass is 296 g/mol. The molecule has 1 atom stereocenters. The molecule has 0 radical (unpaired) electrons. The molecule has 3 nitrogen and oxygen atoms in total. The number of halogens is 1. The number of carbonyl (C=O) groups is 1. The van der Waals surface area contributed by atoms with Crippen LogP contribution in [0.3, 0.4) is 0 Å². The van der Waals surface area contributed by atoms with Crippen LogP contribution in [0.5, 0.6) is 0 Å². The molecule has 1 aliphatic rings. The van der Waals surface area contributed by atoms with Crippen molar-refractivity contribution in [1.82, 2.24) is 5.32 Å². The zero-order chi connectivity index (χ0) is 12.5. The second kappa shape index (κ2) is 5.90. The van der Waals surface area contributed by atoms with E-state index in [4.69, 9.17) is 5.73 Å². The van der Waals surface area contributed by atoms with Crippen molar-refractivity contribution in [2.24, 2.45) is 11.7 Å². The van der Waals surface area contributed by atoms with Crippen molar-refractivity contribution in [2.75, 3.05) is 6.54 Å². The molecule has 1 saturated carbocycles. The molecular weight excluding hydrogens is 280 g/mol. The van der Waals surface area contributed by atoms with Gasteiger partial charge in [-0.2, -0.15) is 0 Å². The third-order valence-corrected chi connectivity index (χ3v) is 4.45. The van der Waals surface area contributed by atoms with Gasteiger partial charge in [0.1, 0.15) is 0 Å². The van der Waals surface area contributed by atoms with Crippen LogP contribution < -0.4 is 11.1 Å². The fraction of sp³-hybridized carbons (Fsp3) is 0.357. The summed E-state index contributed by atoms with van der Waals surface area (Å²) in [6.45, 7) is 0.526. The summed E-state index contributed by atoms with van der Waals surface area (Å²) in [5.74, 6) is 0.596. The Morgan fingerprint density at radius 2 is 2.16 bits per heavy atom. The molecular formula is C14H17ClN2OS. The summed E-state index contributed by atoms with van der Waals surface area (Å²) in [6.07, 6.45) is 2.37. The van der Waals surface area contributed by atoms with Crippen molar-refractivity contribution < 1.29 is 4.79 Å². The third-order valence-electron chi connectivity index (χ3n) is 3.49. The second-order valence-electron chi connectivity index (χ2n) is 4.80. The van der Waals surface area contributed by atoms with E-state index in [1.807, 2.05) is 29.6 Å². The van der Waals surface area contributed by atoms with Gasteiger partial charge in [0.05, 0.1) is 5.56 Å². The molecule has 1 aliphatic carbocycles. The lowest BCUT2D eigenvalue weighted by atomic mass is 10.1. The Bertz CT molecular complexity index is 580. The highest BCUT2D eigenvalue weighted by molar-refractivity contribution is 7.17. The van der Waals surface area contributed by atoms with Gasteiger partial charge in [-0.25, -0.2) is 0 Å². The molecule has 0 spiro atoms. The highest BCUT2D eigenvalue weighted by atomic mass is 35.5. The second-order valence-corrected chi connectivity index (χ2v) is 5.71. The fourth-order valence-electron chi connectivity index (χ4n) is 2.27. The van der Waals surface area contributed by atoms with Crippen LogP contribution in [-0.4, -0.2) is 18.5 Å². The molecule has 5 heteroatoms. The van der Waals surface area contributed by atoms with Gasteiger partial charge in [0, 0.05) is 28.1 Å². The smallest absolute Gasteiger partial charge is 0.253 e. The molecule has 19 heavy (non-hydrogen) atoms. The average Bonchev–Trinajstić information content (AvgIpc) is 3.14. The van der Waals surface area contributed by atoms with E-state index in [0.717, 1.165) is 15.6 Å². The lowest BCUT2D eigenvalue weighted by molar-refractivity contribution is 0.0935. The van der Waals surface area contributed by atoms with E-state index in [2.05, 4.69) is 5.32 Å². The number of hydrogen-bond acceptors (Lipinski definition) is 3. The summed E-state index contributed by atoms with van der Waals surface area (Å²) in [5.41, 5.74) is 6.49. The van der Waals surface area contributed by atoms with Crippen molar-refractivity contribution in [2.45, 2.75) is 18.9 Å². The zero-order valence-electron chi connectivity index (χ0n) is 10.5. The Balaban J connectivity index is 0.00000133. The summed E-state index contributed by atoms with van der Waals surface area (Å²) < 4.78 is 1.15. The quantitative estimate of drug-likeness (QED) is 0.911. The zero-order valence-corrected chi connectivity index (χ0v) is 12.1. The number of amides is 1. The molecule has 1 fully saturated rings. The highest BCUT2D eigenvalue weighted by Gasteiger charge is 2.31. The molecule has 2 aromatic rings. The van der Waals surface area contributed by atoms with Crippen molar-refractivity contribution in [3.63, 3.8) is 0 Å². The predicted octanol–water partition coefficient (Wildman–Crippen LogP) is 2.79. The summed E-state index contributed by atoms with van der Waals surface area (Å²) in [6, 6.07) is 8.13. The van der Waals surface area contributed by atoms with Gasteiger partial charge >= 0.3 is 0 Å². The van der Waals surface area contributed by atoms with Crippen molar-refractivity contribution in [3.8, 4) is 0 Å². The van der Waals surface area contributed by atoms with Gasteiger partial charge < -0.3 is 11.1 Å². The van der Waals surface area contributed by atoms with Crippen molar-refractivity contribution >= 4 is 39.7 Å². The van der Waals surface area contributed by atoms with E-state index in [-0.39, 0.29) is 24.4 Å². The van der Waals surface area contributed by atoms with Gasteiger partial charge in [-0.05, 0) is 24.8 Å². The maximum atomic E-state index is 12.3. The Labute approximate surface area is 122 Å². The molecule has 102 valence electrons. The van der Waals surface area contributed by atoms with E-state index in [1.165, 1.54) is 12.8 Å². The first-order valence-electron chi connectivity index (χ1n) is 6.26. The minimum absolute atomic E-state index is 0. The van der Waals surface area contributed by atoms with Crippen molar-refractivity contribution in [3.05, 3.63) is 35.2 Å². The topological polar surface area (TPSA) is 55.1 Å². The van der Waals surface area contributed by atoms with Crippen LogP contribution in [0.2, 0.25) is 0 Å². The molecule has 1 amide bonds. The van der Waals surface area contributed by atoms with Gasteiger partial charge in [0.25, 0.3) is 5.91 Å². The van der Waals surface area contributed by atoms with E-state index >= 15 is 0 Å². The molecule has 3 rings (SSSR count). The lowest BCUT2D eigenvalue weighted by Crippen LogP contribution is -2.41. The molecule has 1 heterocycles. The van der Waals surface area contributed by atoms with Gasteiger partial charge in [-0.15, -0.1) is 23.7 Å². The SMILES string of the molecule is Cl.NCC(NC(=O)c1csc2ccccc12)C1CC1. The average molecular weight is 297 g/mol. The third kappa shape index (κ3) is 2.91. The Hall–Kier alpha value is -1.10.